The summed E-state index contributed by atoms with van der Waals surface area (Å²) in [4.78, 5) is 36.8. The molecule has 2 aromatic carbocycles. The van der Waals surface area contributed by atoms with Crippen LogP contribution in [0, 0.1) is 0 Å². The lowest BCUT2D eigenvalue weighted by molar-refractivity contribution is -0.122. The third-order valence-electron chi connectivity index (χ3n) is 4.16. The third kappa shape index (κ3) is 7.97. The molecule has 0 aliphatic heterocycles. The first-order chi connectivity index (χ1) is 14.8. The number of thioether (sulfide) groups is 1. The lowest BCUT2D eigenvalue weighted by Crippen LogP contribution is -2.44. The number of benzene rings is 2. The summed E-state index contributed by atoms with van der Waals surface area (Å²) >= 11 is 13.6. The minimum Gasteiger partial charge on any atom is -0.484 e. The van der Waals surface area contributed by atoms with Crippen LogP contribution >= 0.6 is 35.0 Å². The van der Waals surface area contributed by atoms with Crippen molar-refractivity contribution in [1.82, 2.24) is 10.6 Å². The van der Waals surface area contributed by atoms with Gasteiger partial charge in [0.1, 0.15) is 11.8 Å². The standard InChI is InChI=1S/C21H23Cl2N3O4S/c1-24-19(27)12-30-15-5-3-4-14(11-15)25-21(29)18(8-9-31-2)26-20(28)16-7-6-13(22)10-17(16)23/h3-7,10-11,18H,8-9,12H2,1-2H3,(H,24,27)(H,25,29)(H,26,28). The Morgan fingerprint density at radius 2 is 1.90 bits per heavy atom. The molecule has 31 heavy (non-hydrogen) atoms. The molecule has 10 heteroatoms. The normalized spacial score (nSPS) is 11.4. The third-order valence-corrected chi connectivity index (χ3v) is 5.35. The van der Waals surface area contributed by atoms with Gasteiger partial charge in [-0.05, 0) is 48.8 Å². The zero-order valence-corrected chi connectivity index (χ0v) is 19.4. The maximum Gasteiger partial charge on any atom is 0.257 e. The van der Waals surface area contributed by atoms with Crippen molar-refractivity contribution in [3.05, 3.63) is 58.1 Å². The second-order valence-corrected chi connectivity index (χ2v) is 8.24. The van der Waals surface area contributed by atoms with Crippen molar-refractivity contribution in [1.29, 1.82) is 0 Å². The Hall–Kier alpha value is -2.42. The van der Waals surface area contributed by atoms with Crippen molar-refractivity contribution in [3.8, 4) is 5.75 Å². The molecule has 166 valence electrons. The molecule has 0 spiro atoms. The van der Waals surface area contributed by atoms with Crippen LogP contribution in [0.5, 0.6) is 5.75 Å². The van der Waals surface area contributed by atoms with E-state index in [1.54, 1.807) is 42.1 Å². The first kappa shape index (κ1) is 24.8. The van der Waals surface area contributed by atoms with Crippen molar-refractivity contribution < 1.29 is 19.1 Å². The Bertz CT molecular complexity index is 943. The molecule has 2 rings (SSSR count). The summed E-state index contributed by atoms with van der Waals surface area (Å²) in [5.74, 6) is -0.0159. The summed E-state index contributed by atoms with van der Waals surface area (Å²) in [6.07, 6.45) is 2.34. The van der Waals surface area contributed by atoms with Gasteiger partial charge in [-0.1, -0.05) is 29.3 Å². The summed E-state index contributed by atoms with van der Waals surface area (Å²) in [6.45, 7) is -0.137. The van der Waals surface area contributed by atoms with Gasteiger partial charge in [0.05, 0.1) is 10.6 Å². The van der Waals surface area contributed by atoms with Crippen LogP contribution < -0.4 is 20.7 Å². The van der Waals surface area contributed by atoms with Crippen molar-refractivity contribution in [2.24, 2.45) is 0 Å². The molecule has 3 N–H and O–H groups in total. The van der Waals surface area contributed by atoms with Crippen LogP contribution in [0.1, 0.15) is 16.8 Å². The van der Waals surface area contributed by atoms with Crippen LogP contribution in [0.25, 0.3) is 0 Å². The molecule has 3 amide bonds. The van der Waals surface area contributed by atoms with Crippen LogP contribution in [-0.2, 0) is 9.59 Å². The topological polar surface area (TPSA) is 96.5 Å². The number of anilines is 1. The first-order valence-corrected chi connectivity index (χ1v) is 11.5. The van der Waals surface area contributed by atoms with Gasteiger partial charge in [-0.25, -0.2) is 0 Å². The van der Waals surface area contributed by atoms with Crippen molar-refractivity contribution >= 4 is 58.4 Å². The molecule has 0 heterocycles. The predicted molar refractivity (Wildman–Crippen MR) is 125 cm³/mol. The molecule has 0 saturated heterocycles. The van der Waals surface area contributed by atoms with Crippen LogP contribution in [0.3, 0.4) is 0 Å². The first-order valence-electron chi connectivity index (χ1n) is 9.33. The van der Waals surface area contributed by atoms with E-state index < -0.39 is 11.9 Å². The smallest absolute Gasteiger partial charge is 0.257 e. The number of nitrogens with one attached hydrogen (secondary N) is 3. The monoisotopic (exact) mass is 483 g/mol. The number of ether oxygens (including phenoxy) is 1. The molecule has 7 nitrogen and oxygen atoms in total. The number of halogens is 2. The van der Waals surface area contributed by atoms with Gasteiger partial charge in [0, 0.05) is 23.8 Å². The summed E-state index contributed by atoms with van der Waals surface area (Å²) in [5.41, 5.74) is 0.713. The van der Waals surface area contributed by atoms with Crippen LogP contribution in [0.4, 0.5) is 5.69 Å². The van der Waals surface area contributed by atoms with Crippen molar-refractivity contribution in [2.45, 2.75) is 12.5 Å². The maximum absolute atomic E-state index is 12.9. The Morgan fingerprint density at radius 3 is 2.58 bits per heavy atom. The van der Waals surface area contributed by atoms with E-state index in [0.29, 0.717) is 28.6 Å². The van der Waals surface area contributed by atoms with E-state index >= 15 is 0 Å². The lowest BCUT2D eigenvalue weighted by atomic mass is 10.1. The molecule has 0 saturated carbocycles. The summed E-state index contributed by atoms with van der Waals surface area (Å²) in [6, 6.07) is 10.4. The molecule has 2 aromatic rings. The average molecular weight is 484 g/mol. The molecule has 1 atom stereocenters. The van der Waals surface area contributed by atoms with Crippen LogP contribution in [0.2, 0.25) is 10.0 Å². The SMILES string of the molecule is CNC(=O)COc1cccc(NC(=O)C(CCSC)NC(=O)c2ccc(Cl)cc2Cl)c1. The molecule has 0 bridgehead atoms. The quantitative estimate of drug-likeness (QED) is 0.479. The van der Waals surface area contributed by atoms with E-state index in [-0.39, 0.29) is 29.0 Å². The fourth-order valence-corrected chi connectivity index (χ4v) is 3.49. The number of carbonyl (C=O) groups excluding carboxylic acids is 3. The van der Waals surface area contributed by atoms with Gasteiger partial charge in [0.15, 0.2) is 6.61 Å². The van der Waals surface area contributed by atoms with E-state index in [0.717, 1.165) is 0 Å². The van der Waals surface area contributed by atoms with Crippen LogP contribution in [0.15, 0.2) is 42.5 Å². The molecule has 0 fully saturated rings. The molecule has 0 aliphatic rings. The fourth-order valence-electron chi connectivity index (χ4n) is 2.53. The second-order valence-electron chi connectivity index (χ2n) is 6.41. The van der Waals surface area contributed by atoms with E-state index in [2.05, 4.69) is 16.0 Å². The highest BCUT2D eigenvalue weighted by Crippen LogP contribution is 2.22. The summed E-state index contributed by atoms with van der Waals surface area (Å²) in [7, 11) is 1.52. The Balaban J connectivity index is 2.08. The molecule has 0 aromatic heterocycles. The van der Waals surface area contributed by atoms with Gasteiger partial charge in [-0.15, -0.1) is 0 Å². The Labute approximate surface area is 195 Å². The zero-order chi connectivity index (χ0) is 22.8. The lowest BCUT2D eigenvalue weighted by Gasteiger charge is -2.19. The Kier molecular flexibility index (Phi) is 9.97. The van der Waals surface area contributed by atoms with Gasteiger partial charge in [-0.2, -0.15) is 11.8 Å². The molecule has 0 radical (unpaired) electrons. The number of rotatable bonds is 10. The van der Waals surface area contributed by atoms with Gasteiger partial charge in [0.2, 0.25) is 5.91 Å². The minimum atomic E-state index is -0.776. The Morgan fingerprint density at radius 1 is 1.13 bits per heavy atom. The van der Waals surface area contributed by atoms with E-state index in [1.807, 2.05) is 6.26 Å². The maximum atomic E-state index is 12.9. The van der Waals surface area contributed by atoms with E-state index in [4.69, 9.17) is 27.9 Å². The molecular weight excluding hydrogens is 461 g/mol. The number of hydrogen-bond donors (Lipinski definition) is 3. The molecule has 1 unspecified atom stereocenters. The van der Waals surface area contributed by atoms with Gasteiger partial charge in [-0.3, -0.25) is 14.4 Å². The minimum absolute atomic E-state index is 0.137. The van der Waals surface area contributed by atoms with Gasteiger partial charge in [0.25, 0.3) is 11.8 Å². The zero-order valence-electron chi connectivity index (χ0n) is 17.0. The van der Waals surface area contributed by atoms with E-state index in [9.17, 15) is 14.4 Å². The highest BCUT2D eigenvalue weighted by Gasteiger charge is 2.22. The number of amides is 3. The summed E-state index contributed by atoms with van der Waals surface area (Å²) < 4.78 is 5.39. The second kappa shape index (κ2) is 12.4. The number of likely N-dealkylation sites (N-methyl/N-ethyl adjacent to an activating group) is 1. The fraction of sp³-hybridized carbons (Fsp3) is 0.286. The van der Waals surface area contributed by atoms with Gasteiger partial charge < -0.3 is 20.7 Å². The van der Waals surface area contributed by atoms with Crippen LogP contribution in [-0.4, -0.2) is 49.4 Å². The molecule has 0 aliphatic carbocycles. The molecular formula is C21H23Cl2N3O4S. The average Bonchev–Trinajstić information content (AvgIpc) is 2.74. The number of hydrogen-bond acceptors (Lipinski definition) is 5. The highest BCUT2D eigenvalue weighted by atomic mass is 35.5. The van der Waals surface area contributed by atoms with Crippen molar-refractivity contribution in [2.75, 3.05) is 31.0 Å². The largest absolute Gasteiger partial charge is 0.484 e. The number of carbonyl (C=O) groups is 3. The summed E-state index contributed by atoms with van der Waals surface area (Å²) in [5, 5.41) is 8.59. The van der Waals surface area contributed by atoms with E-state index in [1.165, 1.54) is 19.2 Å². The highest BCUT2D eigenvalue weighted by molar-refractivity contribution is 7.98. The predicted octanol–water partition coefficient (Wildman–Crippen LogP) is 3.61. The van der Waals surface area contributed by atoms with Gasteiger partial charge >= 0.3 is 0 Å². The van der Waals surface area contributed by atoms with Crippen molar-refractivity contribution in [3.63, 3.8) is 0 Å².